The highest BCUT2D eigenvalue weighted by molar-refractivity contribution is 7.17. The average molecular weight is 709 g/mol. The summed E-state index contributed by atoms with van der Waals surface area (Å²) in [5.74, 6) is 0.777. The number of hydroxylamine groups is 2. The SMILES string of the molecule is COC(=O)[C@H]1CC/C(=C/CCCCCC(NC(=O)CC2CC2)C(=O)N2CC(Oc3nc(C4C=C(C)ON4C)nc4ccsc34)C[C@H]2C(N)=O)C1. The van der Waals surface area contributed by atoms with Gasteiger partial charge in [-0.05, 0) is 81.7 Å². The number of thiophene rings is 1. The largest absolute Gasteiger partial charge is 0.471 e. The standard InChI is InChI=1S/C36H48N6O7S/c1-21-16-29(41(2)49-21)33-39-26-14-15-50-31(26)34(40-33)48-25-19-28(32(37)44)42(20-25)35(45)27(38-30(43)18-23-10-11-23)9-7-5-4-6-8-22-12-13-24(17-22)36(46)47-3/h8,14-16,23-25,27-29H,4-7,9-13,17-20H2,1-3H3,(H2,37,44)(H,38,43)/b22-8-/t24-,25?,27?,28-,29?/m0/s1. The molecule has 14 heteroatoms. The smallest absolute Gasteiger partial charge is 0.308 e. The lowest BCUT2D eigenvalue weighted by atomic mass is 10.0. The minimum Gasteiger partial charge on any atom is -0.471 e. The first-order valence-corrected chi connectivity index (χ1v) is 18.6. The van der Waals surface area contributed by atoms with Crippen LogP contribution in [0.15, 0.2) is 34.9 Å². The number of nitrogens with zero attached hydrogens (tertiary/aromatic N) is 4. The number of esters is 1. The van der Waals surface area contributed by atoms with Gasteiger partial charge in [0, 0.05) is 19.9 Å². The van der Waals surface area contributed by atoms with Crippen molar-refractivity contribution in [3.05, 3.63) is 40.8 Å². The highest BCUT2D eigenvalue weighted by Crippen LogP contribution is 2.36. The molecular weight excluding hydrogens is 660 g/mol. The molecule has 2 aliphatic heterocycles. The molecule has 4 heterocycles. The van der Waals surface area contributed by atoms with E-state index in [0.717, 1.165) is 73.8 Å². The zero-order valence-electron chi connectivity index (χ0n) is 29.1. The number of hydrogen-bond acceptors (Lipinski definition) is 11. The van der Waals surface area contributed by atoms with E-state index in [0.29, 0.717) is 30.5 Å². The molecule has 6 rings (SSSR count). The monoisotopic (exact) mass is 708 g/mol. The molecule has 3 amide bonds. The topological polar surface area (TPSA) is 166 Å². The number of aromatic nitrogens is 2. The van der Waals surface area contributed by atoms with Crippen LogP contribution in [0.25, 0.3) is 10.2 Å². The molecule has 1 saturated heterocycles. The fourth-order valence-electron chi connectivity index (χ4n) is 7.20. The summed E-state index contributed by atoms with van der Waals surface area (Å²) in [7, 11) is 3.25. The fraction of sp³-hybridized carbons (Fsp3) is 0.611. The van der Waals surface area contributed by atoms with Crippen LogP contribution in [0.1, 0.15) is 95.8 Å². The molecule has 2 aliphatic carbocycles. The maximum Gasteiger partial charge on any atom is 0.308 e. The average Bonchev–Trinajstić information content (AvgIpc) is 3.47. The second-order valence-corrected chi connectivity index (χ2v) is 14.9. The van der Waals surface area contributed by atoms with Crippen LogP contribution < -0.4 is 15.8 Å². The normalized spacial score (nSPS) is 25.1. The number of rotatable bonds is 15. The number of likely N-dealkylation sites (tertiary alicyclic amines) is 1. The molecule has 3 unspecified atom stereocenters. The lowest BCUT2D eigenvalue weighted by molar-refractivity contribution is -0.145. The number of carbonyl (C=O) groups is 4. The Labute approximate surface area is 296 Å². The number of unbranched alkanes of at least 4 members (excludes halogenated alkanes) is 3. The molecule has 50 heavy (non-hydrogen) atoms. The number of nitrogens with one attached hydrogen (secondary N) is 1. The van der Waals surface area contributed by atoms with Gasteiger partial charge in [-0.2, -0.15) is 4.98 Å². The van der Waals surface area contributed by atoms with Gasteiger partial charge in [0.2, 0.25) is 23.6 Å². The van der Waals surface area contributed by atoms with Crippen LogP contribution in [-0.4, -0.2) is 82.5 Å². The van der Waals surface area contributed by atoms with Crippen molar-refractivity contribution in [2.45, 2.75) is 108 Å². The molecule has 0 spiro atoms. The fourth-order valence-corrected chi connectivity index (χ4v) is 7.96. The van der Waals surface area contributed by atoms with Crippen molar-refractivity contribution in [3.63, 3.8) is 0 Å². The number of methoxy groups -OCH3 is 1. The summed E-state index contributed by atoms with van der Waals surface area (Å²) in [6.45, 7) is 2.00. The molecule has 0 radical (unpaired) electrons. The Kier molecular flexibility index (Phi) is 11.4. The van der Waals surface area contributed by atoms with Gasteiger partial charge in [0.15, 0.2) is 5.82 Å². The molecule has 4 aliphatic rings. The number of nitrogens with two attached hydrogens (primary N) is 1. The first-order chi connectivity index (χ1) is 24.1. The van der Waals surface area contributed by atoms with Gasteiger partial charge in [-0.3, -0.25) is 19.2 Å². The third-order valence-corrected chi connectivity index (χ3v) is 11.0. The van der Waals surface area contributed by atoms with Gasteiger partial charge in [-0.25, -0.2) is 4.98 Å². The van der Waals surface area contributed by atoms with Crippen molar-refractivity contribution in [3.8, 4) is 5.88 Å². The number of carbonyl (C=O) groups excluding carboxylic acids is 4. The second kappa shape index (κ2) is 15.9. The quantitative estimate of drug-likeness (QED) is 0.153. The summed E-state index contributed by atoms with van der Waals surface area (Å²) in [5, 5.41) is 6.59. The van der Waals surface area contributed by atoms with E-state index >= 15 is 0 Å². The van der Waals surface area contributed by atoms with E-state index in [1.54, 1.807) is 5.06 Å². The summed E-state index contributed by atoms with van der Waals surface area (Å²) in [6, 6.07) is -0.0251. The van der Waals surface area contributed by atoms with E-state index in [1.165, 1.54) is 28.9 Å². The summed E-state index contributed by atoms with van der Waals surface area (Å²) in [4.78, 5) is 68.2. The maximum atomic E-state index is 14.1. The molecule has 13 nitrogen and oxygen atoms in total. The van der Waals surface area contributed by atoms with E-state index in [4.69, 9.17) is 30.0 Å². The first-order valence-electron chi connectivity index (χ1n) is 17.8. The van der Waals surface area contributed by atoms with Crippen LogP contribution in [0.3, 0.4) is 0 Å². The van der Waals surface area contributed by atoms with Crippen molar-refractivity contribution < 1.29 is 33.5 Å². The molecule has 5 atom stereocenters. The van der Waals surface area contributed by atoms with Gasteiger partial charge in [0.1, 0.15) is 34.7 Å². The Balaban J connectivity index is 1.10. The van der Waals surface area contributed by atoms with Gasteiger partial charge < -0.3 is 30.3 Å². The minimum absolute atomic E-state index is 0.0389. The second-order valence-electron chi connectivity index (χ2n) is 14.0. The summed E-state index contributed by atoms with van der Waals surface area (Å²) >= 11 is 1.46. The maximum absolute atomic E-state index is 14.1. The Morgan fingerprint density at radius 2 is 2.00 bits per heavy atom. The first kappa shape index (κ1) is 35.8. The van der Waals surface area contributed by atoms with Crippen molar-refractivity contribution >= 4 is 45.2 Å². The number of likely N-dealkylation sites (N-methyl/N-ethyl adjacent to an activating group) is 1. The minimum atomic E-state index is -0.873. The Bertz CT molecular complexity index is 1650. The molecule has 0 bridgehead atoms. The Morgan fingerprint density at radius 1 is 1.18 bits per heavy atom. The summed E-state index contributed by atoms with van der Waals surface area (Å²) in [6.07, 6.45) is 12.7. The lowest BCUT2D eigenvalue weighted by Gasteiger charge is -2.28. The molecule has 3 N–H and O–H groups in total. The number of hydrogen-bond donors (Lipinski definition) is 2. The van der Waals surface area contributed by atoms with Gasteiger partial charge in [0.25, 0.3) is 0 Å². The Morgan fingerprint density at radius 3 is 2.72 bits per heavy atom. The zero-order valence-corrected chi connectivity index (χ0v) is 29.9. The summed E-state index contributed by atoms with van der Waals surface area (Å²) in [5.41, 5.74) is 7.89. The van der Waals surface area contributed by atoms with Crippen molar-refractivity contribution in [1.29, 1.82) is 0 Å². The highest BCUT2D eigenvalue weighted by Gasteiger charge is 2.43. The number of primary amides is 1. The zero-order chi connectivity index (χ0) is 35.4. The van der Waals surface area contributed by atoms with Gasteiger partial charge in [-0.15, -0.1) is 16.4 Å². The van der Waals surface area contributed by atoms with Gasteiger partial charge >= 0.3 is 5.97 Å². The molecule has 2 saturated carbocycles. The van der Waals surface area contributed by atoms with Crippen LogP contribution in [0.2, 0.25) is 0 Å². The third kappa shape index (κ3) is 8.63. The molecule has 2 aromatic rings. The number of amides is 3. The number of ether oxygens (including phenoxy) is 2. The molecule has 3 fully saturated rings. The molecular formula is C36H48N6O7S. The van der Waals surface area contributed by atoms with E-state index < -0.39 is 24.1 Å². The Hall–Kier alpha value is -4.04. The lowest BCUT2D eigenvalue weighted by Crippen LogP contribution is -2.53. The predicted octanol–water partition coefficient (Wildman–Crippen LogP) is 4.48. The number of fused-ring (bicyclic) bond motifs is 1. The van der Waals surface area contributed by atoms with E-state index in [1.807, 2.05) is 31.5 Å². The van der Waals surface area contributed by atoms with E-state index in [9.17, 15) is 19.2 Å². The van der Waals surface area contributed by atoms with Crippen LogP contribution in [-0.2, 0) is 28.8 Å². The van der Waals surface area contributed by atoms with Crippen molar-refractivity contribution in [2.24, 2.45) is 17.6 Å². The van der Waals surface area contributed by atoms with Crippen LogP contribution >= 0.6 is 11.3 Å². The third-order valence-electron chi connectivity index (χ3n) is 10.1. The summed E-state index contributed by atoms with van der Waals surface area (Å²) < 4.78 is 12.1. The van der Waals surface area contributed by atoms with E-state index in [-0.39, 0.29) is 42.7 Å². The van der Waals surface area contributed by atoms with Crippen LogP contribution in [0.5, 0.6) is 5.88 Å². The van der Waals surface area contributed by atoms with Crippen LogP contribution in [0.4, 0.5) is 0 Å². The van der Waals surface area contributed by atoms with E-state index in [2.05, 4.69) is 11.4 Å². The van der Waals surface area contributed by atoms with Crippen molar-refractivity contribution in [2.75, 3.05) is 20.7 Å². The molecule has 0 aromatic carbocycles. The van der Waals surface area contributed by atoms with Crippen molar-refractivity contribution in [1.82, 2.24) is 25.2 Å². The van der Waals surface area contributed by atoms with Crippen LogP contribution in [0, 0.1) is 11.8 Å². The van der Waals surface area contributed by atoms with Gasteiger partial charge in [-0.1, -0.05) is 24.5 Å². The number of allylic oxidation sites excluding steroid dienone is 3. The van der Waals surface area contributed by atoms with Gasteiger partial charge in [0.05, 0.1) is 25.1 Å². The molecule has 2 aromatic heterocycles. The predicted molar refractivity (Wildman–Crippen MR) is 186 cm³/mol. The highest BCUT2D eigenvalue weighted by atomic mass is 32.1. The molecule has 270 valence electrons.